The number of rotatable bonds is 7. The molecule has 1 aromatic carbocycles. The van der Waals surface area contributed by atoms with Gasteiger partial charge in [0.05, 0.1) is 5.60 Å². The Morgan fingerprint density at radius 3 is 2.52 bits per heavy atom. The molecule has 1 aromatic rings. The van der Waals surface area contributed by atoms with E-state index in [1.54, 1.807) is 0 Å². The van der Waals surface area contributed by atoms with Crippen molar-refractivity contribution in [2.75, 3.05) is 13.2 Å². The Balaban J connectivity index is 2.21. The van der Waals surface area contributed by atoms with E-state index in [0.717, 1.165) is 19.6 Å². The molecule has 0 radical (unpaired) electrons. The van der Waals surface area contributed by atoms with E-state index in [9.17, 15) is 0 Å². The number of hydrogen-bond acceptors (Lipinski definition) is 2. The van der Waals surface area contributed by atoms with Gasteiger partial charge in [-0.25, -0.2) is 0 Å². The van der Waals surface area contributed by atoms with E-state index in [0.29, 0.717) is 6.04 Å². The highest BCUT2D eigenvalue weighted by Crippen LogP contribution is 2.36. The second-order valence-corrected chi connectivity index (χ2v) is 6.82. The van der Waals surface area contributed by atoms with Crippen LogP contribution in [0, 0.1) is 0 Å². The summed E-state index contributed by atoms with van der Waals surface area (Å²) in [5, 5.41) is 3.71. The van der Waals surface area contributed by atoms with Gasteiger partial charge in [-0.1, -0.05) is 60.3 Å². The van der Waals surface area contributed by atoms with Crippen LogP contribution in [-0.4, -0.2) is 24.8 Å². The first-order valence-electron chi connectivity index (χ1n) is 8.32. The van der Waals surface area contributed by atoms with E-state index in [-0.39, 0.29) is 5.60 Å². The average molecular weight is 354 g/mol. The second kappa shape index (κ2) is 8.30. The van der Waals surface area contributed by atoms with Gasteiger partial charge in [-0.2, -0.15) is 0 Å². The van der Waals surface area contributed by atoms with E-state index in [1.165, 1.54) is 42.1 Å². The maximum absolute atomic E-state index is 6.32. The molecule has 1 atom stereocenters. The second-order valence-electron chi connectivity index (χ2n) is 5.96. The lowest BCUT2D eigenvalue weighted by Crippen LogP contribution is -2.54. The monoisotopic (exact) mass is 353 g/mol. The molecule has 21 heavy (non-hydrogen) atoms. The van der Waals surface area contributed by atoms with E-state index in [1.807, 2.05) is 0 Å². The zero-order valence-corrected chi connectivity index (χ0v) is 14.9. The molecule has 1 aliphatic carbocycles. The quantitative estimate of drug-likeness (QED) is 0.766. The highest BCUT2D eigenvalue weighted by Gasteiger charge is 2.40. The molecule has 1 unspecified atom stereocenters. The molecule has 1 saturated carbocycles. The standard InChI is InChI=1S/C18H28BrNO/c1-3-20-17(14-15-10-6-7-11-16(15)19)18(21-4-2)12-8-5-9-13-18/h6-7,10-11,17,20H,3-5,8-9,12-14H2,1-2H3. The number of halogens is 1. The van der Waals surface area contributed by atoms with Crippen molar-refractivity contribution < 1.29 is 4.74 Å². The third-order valence-electron chi connectivity index (χ3n) is 4.60. The minimum atomic E-state index is 0.0122. The molecular weight excluding hydrogens is 326 g/mol. The van der Waals surface area contributed by atoms with Gasteiger partial charge in [0.2, 0.25) is 0 Å². The van der Waals surface area contributed by atoms with Crippen molar-refractivity contribution in [2.45, 2.75) is 64.0 Å². The van der Waals surface area contributed by atoms with Gasteiger partial charge < -0.3 is 10.1 Å². The largest absolute Gasteiger partial charge is 0.374 e. The van der Waals surface area contributed by atoms with Gasteiger partial charge in [0, 0.05) is 17.1 Å². The van der Waals surface area contributed by atoms with Crippen molar-refractivity contribution in [3.63, 3.8) is 0 Å². The van der Waals surface area contributed by atoms with Crippen LogP contribution < -0.4 is 5.32 Å². The van der Waals surface area contributed by atoms with Gasteiger partial charge in [-0.3, -0.25) is 0 Å². The van der Waals surface area contributed by atoms with Gasteiger partial charge in [0.25, 0.3) is 0 Å². The molecule has 3 heteroatoms. The first-order valence-corrected chi connectivity index (χ1v) is 9.12. The van der Waals surface area contributed by atoms with E-state index >= 15 is 0 Å². The lowest BCUT2D eigenvalue weighted by molar-refractivity contribution is -0.0895. The smallest absolute Gasteiger partial charge is 0.0837 e. The molecule has 0 bridgehead atoms. The van der Waals surface area contributed by atoms with Crippen LogP contribution in [0.25, 0.3) is 0 Å². The molecule has 2 nitrogen and oxygen atoms in total. The summed E-state index contributed by atoms with van der Waals surface area (Å²) in [5.41, 5.74) is 1.38. The van der Waals surface area contributed by atoms with Gasteiger partial charge >= 0.3 is 0 Å². The van der Waals surface area contributed by atoms with Crippen LogP contribution in [0.3, 0.4) is 0 Å². The van der Waals surface area contributed by atoms with Crippen molar-refractivity contribution in [1.29, 1.82) is 0 Å². The molecule has 0 amide bonds. The molecule has 0 aromatic heterocycles. The van der Waals surface area contributed by atoms with Crippen LogP contribution in [0.4, 0.5) is 0 Å². The predicted molar refractivity (Wildman–Crippen MR) is 92.8 cm³/mol. The number of hydrogen-bond donors (Lipinski definition) is 1. The van der Waals surface area contributed by atoms with Crippen molar-refractivity contribution in [3.05, 3.63) is 34.3 Å². The fourth-order valence-corrected chi connectivity index (χ4v) is 4.05. The Kier molecular flexibility index (Phi) is 6.72. The lowest BCUT2D eigenvalue weighted by Gasteiger charge is -2.44. The summed E-state index contributed by atoms with van der Waals surface area (Å²) in [6, 6.07) is 8.94. The molecule has 118 valence electrons. The number of likely N-dealkylation sites (N-methyl/N-ethyl adjacent to an activating group) is 1. The molecular formula is C18H28BrNO. The maximum atomic E-state index is 6.32. The highest BCUT2D eigenvalue weighted by molar-refractivity contribution is 9.10. The van der Waals surface area contributed by atoms with Crippen LogP contribution >= 0.6 is 15.9 Å². The normalized spacial score (nSPS) is 19.4. The molecule has 0 spiro atoms. The molecule has 1 aliphatic rings. The zero-order chi connectivity index (χ0) is 15.1. The van der Waals surface area contributed by atoms with Gasteiger partial charge in [0.15, 0.2) is 0 Å². The fraction of sp³-hybridized carbons (Fsp3) is 0.667. The Morgan fingerprint density at radius 2 is 1.90 bits per heavy atom. The molecule has 0 saturated heterocycles. The number of nitrogens with one attached hydrogen (secondary N) is 1. The van der Waals surface area contributed by atoms with E-state index in [4.69, 9.17) is 4.74 Å². The first kappa shape index (κ1) is 17.0. The van der Waals surface area contributed by atoms with Crippen molar-refractivity contribution in [3.8, 4) is 0 Å². The van der Waals surface area contributed by atoms with Crippen molar-refractivity contribution >= 4 is 15.9 Å². The first-order chi connectivity index (χ1) is 10.2. The summed E-state index contributed by atoms with van der Waals surface area (Å²) in [7, 11) is 0. The van der Waals surface area contributed by atoms with E-state index < -0.39 is 0 Å². The molecule has 0 aliphatic heterocycles. The SMILES string of the molecule is CCNC(Cc1ccccc1Br)C1(OCC)CCCCC1. The maximum Gasteiger partial charge on any atom is 0.0837 e. The Hall–Kier alpha value is -0.380. The van der Waals surface area contributed by atoms with Crippen LogP contribution in [0.5, 0.6) is 0 Å². The minimum Gasteiger partial charge on any atom is -0.374 e. The molecule has 1 N–H and O–H groups in total. The summed E-state index contributed by atoms with van der Waals surface area (Å²) in [4.78, 5) is 0. The summed E-state index contributed by atoms with van der Waals surface area (Å²) in [5.74, 6) is 0. The molecule has 0 heterocycles. The van der Waals surface area contributed by atoms with Crippen LogP contribution in [-0.2, 0) is 11.2 Å². The van der Waals surface area contributed by atoms with Crippen LogP contribution in [0.1, 0.15) is 51.5 Å². The van der Waals surface area contributed by atoms with Crippen LogP contribution in [0.2, 0.25) is 0 Å². The van der Waals surface area contributed by atoms with Gasteiger partial charge in [0.1, 0.15) is 0 Å². The van der Waals surface area contributed by atoms with Gasteiger partial charge in [-0.05, 0) is 44.4 Å². The fourth-order valence-electron chi connectivity index (χ4n) is 3.61. The van der Waals surface area contributed by atoms with E-state index in [2.05, 4.69) is 59.4 Å². The summed E-state index contributed by atoms with van der Waals surface area (Å²) >= 11 is 3.69. The minimum absolute atomic E-state index is 0.0122. The third kappa shape index (κ3) is 4.30. The Labute approximate surface area is 137 Å². The summed E-state index contributed by atoms with van der Waals surface area (Å²) < 4.78 is 7.52. The summed E-state index contributed by atoms with van der Waals surface area (Å²) in [6.07, 6.45) is 7.32. The van der Waals surface area contributed by atoms with Crippen molar-refractivity contribution in [2.24, 2.45) is 0 Å². The number of ether oxygens (including phenoxy) is 1. The lowest BCUT2D eigenvalue weighted by atomic mass is 9.77. The van der Waals surface area contributed by atoms with Crippen LogP contribution in [0.15, 0.2) is 28.7 Å². The predicted octanol–water partition coefficient (Wildman–Crippen LogP) is 4.71. The average Bonchev–Trinajstić information content (AvgIpc) is 2.50. The zero-order valence-electron chi connectivity index (χ0n) is 13.3. The Bertz CT molecular complexity index is 423. The molecule has 1 fully saturated rings. The summed E-state index contributed by atoms with van der Waals surface area (Å²) in [6.45, 7) is 6.11. The third-order valence-corrected chi connectivity index (χ3v) is 5.37. The highest BCUT2D eigenvalue weighted by atomic mass is 79.9. The van der Waals surface area contributed by atoms with Gasteiger partial charge in [-0.15, -0.1) is 0 Å². The number of benzene rings is 1. The topological polar surface area (TPSA) is 21.3 Å². The molecule has 2 rings (SSSR count). The Morgan fingerprint density at radius 1 is 1.19 bits per heavy atom. The van der Waals surface area contributed by atoms with Crippen molar-refractivity contribution in [1.82, 2.24) is 5.32 Å².